The number of aromatic nitrogens is 4. The van der Waals surface area contributed by atoms with E-state index in [1.54, 1.807) is 17.9 Å². The molecule has 2 heterocycles. The van der Waals surface area contributed by atoms with Gasteiger partial charge in [-0.2, -0.15) is 10.1 Å². The van der Waals surface area contributed by atoms with Crippen molar-refractivity contribution in [2.75, 3.05) is 17.2 Å². The lowest BCUT2D eigenvalue weighted by Gasteiger charge is -2.09. The normalized spacial score (nSPS) is 10.9. The Bertz CT molecular complexity index is 601. The topological polar surface area (TPSA) is 67.7 Å². The third-order valence-corrected chi connectivity index (χ3v) is 2.93. The number of hydrogen-bond donors (Lipinski definition) is 2. The van der Waals surface area contributed by atoms with Crippen LogP contribution in [0.3, 0.4) is 0 Å². The van der Waals surface area contributed by atoms with E-state index < -0.39 is 13.0 Å². The highest BCUT2D eigenvalue weighted by molar-refractivity contribution is 6.32. The molecule has 6 nitrogen and oxygen atoms in total. The van der Waals surface area contributed by atoms with Gasteiger partial charge in [0.2, 0.25) is 5.95 Å². The van der Waals surface area contributed by atoms with Crippen molar-refractivity contribution in [2.24, 2.45) is 7.05 Å². The van der Waals surface area contributed by atoms with Crippen molar-refractivity contribution < 1.29 is 8.78 Å². The molecule has 0 bridgehead atoms. The van der Waals surface area contributed by atoms with Gasteiger partial charge in [-0.1, -0.05) is 11.6 Å². The summed E-state index contributed by atoms with van der Waals surface area (Å²) in [4.78, 5) is 8.05. The molecule has 9 heteroatoms. The smallest absolute Gasteiger partial charge is 0.255 e. The minimum atomic E-state index is -2.49. The zero-order chi connectivity index (χ0) is 14.7. The molecule has 0 atom stereocenters. The average Bonchev–Trinajstić information content (AvgIpc) is 2.71. The molecular formula is C11H13ClF2N6. The predicted octanol–water partition coefficient (Wildman–Crippen LogP) is 2.59. The predicted molar refractivity (Wildman–Crippen MR) is 72.8 cm³/mol. The van der Waals surface area contributed by atoms with Crippen molar-refractivity contribution in [3.63, 3.8) is 0 Å². The van der Waals surface area contributed by atoms with Crippen molar-refractivity contribution >= 4 is 29.1 Å². The molecule has 0 spiro atoms. The van der Waals surface area contributed by atoms with Crippen LogP contribution in [0.5, 0.6) is 0 Å². The molecule has 0 saturated carbocycles. The van der Waals surface area contributed by atoms with E-state index >= 15 is 0 Å². The van der Waals surface area contributed by atoms with Crippen LogP contribution in [-0.2, 0) is 7.05 Å². The van der Waals surface area contributed by atoms with Gasteiger partial charge in [0.25, 0.3) is 6.43 Å². The van der Waals surface area contributed by atoms with Crippen molar-refractivity contribution in [1.82, 2.24) is 19.7 Å². The first kappa shape index (κ1) is 14.4. The summed E-state index contributed by atoms with van der Waals surface area (Å²) in [6.45, 7) is 1.35. The number of anilines is 3. The van der Waals surface area contributed by atoms with E-state index in [-0.39, 0.29) is 16.8 Å². The zero-order valence-corrected chi connectivity index (χ0v) is 11.6. The average molecular weight is 303 g/mol. The maximum atomic E-state index is 12.2. The van der Waals surface area contributed by atoms with Gasteiger partial charge in [-0.05, 0) is 6.92 Å². The van der Waals surface area contributed by atoms with Crippen LogP contribution in [0, 0.1) is 6.92 Å². The molecule has 2 aromatic heterocycles. The lowest BCUT2D eigenvalue weighted by atomic mass is 10.4. The van der Waals surface area contributed by atoms with E-state index in [9.17, 15) is 8.78 Å². The standard InChI is InChI=1S/C11H13ClF2N6/c1-6-8(4-17-20(6)2)18-11-16-3-7(12)10(19-11)15-5-9(13)14/h3-4,9H,5H2,1-2H3,(H2,15,16,18,19). The van der Waals surface area contributed by atoms with Gasteiger partial charge in [0.05, 0.1) is 30.3 Å². The Labute approximate surface area is 119 Å². The van der Waals surface area contributed by atoms with Gasteiger partial charge >= 0.3 is 0 Å². The fourth-order valence-corrected chi connectivity index (χ4v) is 1.62. The molecule has 108 valence electrons. The molecule has 0 radical (unpaired) electrons. The number of nitrogens with one attached hydrogen (secondary N) is 2. The van der Waals surface area contributed by atoms with Crippen LogP contribution in [0.15, 0.2) is 12.4 Å². The molecule has 0 aliphatic heterocycles. The van der Waals surface area contributed by atoms with Crippen LogP contribution in [0.1, 0.15) is 5.69 Å². The molecule has 20 heavy (non-hydrogen) atoms. The highest BCUT2D eigenvalue weighted by atomic mass is 35.5. The summed E-state index contributed by atoms with van der Waals surface area (Å²) in [5, 5.41) is 9.67. The first-order valence-electron chi connectivity index (χ1n) is 5.77. The number of aryl methyl sites for hydroxylation is 1. The minimum absolute atomic E-state index is 0.158. The van der Waals surface area contributed by atoms with Gasteiger partial charge in [0.1, 0.15) is 5.02 Å². The molecule has 2 aromatic rings. The Morgan fingerprint density at radius 2 is 2.15 bits per heavy atom. The molecule has 0 saturated heterocycles. The second-order valence-corrected chi connectivity index (χ2v) is 4.46. The second-order valence-electron chi connectivity index (χ2n) is 4.05. The summed E-state index contributed by atoms with van der Waals surface area (Å²) < 4.78 is 26.0. The maximum Gasteiger partial charge on any atom is 0.255 e. The van der Waals surface area contributed by atoms with E-state index in [0.717, 1.165) is 11.4 Å². The summed E-state index contributed by atoms with van der Waals surface area (Å²) in [6, 6.07) is 0. The molecule has 2 N–H and O–H groups in total. The molecule has 0 aromatic carbocycles. The van der Waals surface area contributed by atoms with E-state index in [0.29, 0.717) is 0 Å². The fraction of sp³-hybridized carbons (Fsp3) is 0.364. The quantitative estimate of drug-likeness (QED) is 0.888. The van der Waals surface area contributed by atoms with Crippen molar-refractivity contribution in [2.45, 2.75) is 13.3 Å². The lowest BCUT2D eigenvalue weighted by Crippen LogP contribution is -2.12. The van der Waals surface area contributed by atoms with Gasteiger partial charge in [-0.25, -0.2) is 13.8 Å². The van der Waals surface area contributed by atoms with E-state index in [1.807, 2.05) is 6.92 Å². The Kier molecular flexibility index (Phi) is 4.33. The summed E-state index contributed by atoms with van der Waals surface area (Å²) in [5.74, 6) is 0.410. The lowest BCUT2D eigenvalue weighted by molar-refractivity contribution is 0.163. The Balaban J connectivity index is 2.16. The van der Waals surface area contributed by atoms with Gasteiger partial charge < -0.3 is 10.6 Å². The van der Waals surface area contributed by atoms with Crippen molar-refractivity contribution in [3.05, 3.63) is 23.1 Å². The number of nitrogens with zero attached hydrogens (tertiary/aromatic N) is 4. The molecule has 0 amide bonds. The molecule has 2 rings (SSSR count). The third-order valence-electron chi connectivity index (χ3n) is 2.65. The highest BCUT2D eigenvalue weighted by Gasteiger charge is 2.10. The van der Waals surface area contributed by atoms with Gasteiger partial charge in [-0.15, -0.1) is 0 Å². The van der Waals surface area contributed by atoms with Crippen LogP contribution in [0.4, 0.5) is 26.2 Å². The first-order valence-corrected chi connectivity index (χ1v) is 6.15. The molecule has 0 unspecified atom stereocenters. The summed E-state index contributed by atoms with van der Waals surface area (Å²) in [6.07, 6.45) is 0.480. The van der Waals surface area contributed by atoms with Crippen LogP contribution >= 0.6 is 11.6 Å². The van der Waals surface area contributed by atoms with Crippen LogP contribution in [0.25, 0.3) is 0 Å². The van der Waals surface area contributed by atoms with Crippen molar-refractivity contribution in [3.8, 4) is 0 Å². The number of halogens is 3. The highest BCUT2D eigenvalue weighted by Crippen LogP contribution is 2.22. The third kappa shape index (κ3) is 3.32. The Morgan fingerprint density at radius 3 is 2.75 bits per heavy atom. The minimum Gasteiger partial charge on any atom is -0.363 e. The van der Waals surface area contributed by atoms with Crippen LogP contribution in [0.2, 0.25) is 5.02 Å². The molecule has 0 aliphatic rings. The van der Waals surface area contributed by atoms with Crippen molar-refractivity contribution in [1.29, 1.82) is 0 Å². The number of rotatable bonds is 5. The van der Waals surface area contributed by atoms with E-state index in [1.165, 1.54) is 6.20 Å². The molecule has 0 fully saturated rings. The summed E-state index contributed by atoms with van der Waals surface area (Å²) >= 11 is 5.84. The SMILES string of the molecule is Cc1c(Nc2ncc(Cl)c(NCC(F)F)n2)cnn1C. The first-order chi connectivity index (χ1) is 9.47. The molecule has 0 aliphatic carbocycles. The van der Waals surface area contributed by atoms with Gasteiger partial charge in [0, 0.05) is 7.05 Å². The monoisotopic (exact) mass is 302 g/mol. The zero-order valence-electron chi connectivity index (χ0n) is 10.9. The second kappa shape index (κ2) is 6.00. The molecular weight excluding hydrogens is 290 g/mol. The van der Waals surface area contributed by atoms with Crippen LogP contribution in [-0.4, -0.2) is 32.7 Å². The van der Waals surface area contributed by atoms with Gasteiger partial charge in [-0.3, -0.25) is 4.68 Å². The number of alkyl halides is 2. The maximum absolute atomic E-state index is 12.2. The van der Waals surface area contributed by atoms with E-state index in [4.69, 9.17) is 11.6 Å². The Morgan fingerprint density at radius 1 is 1.40 bits per heavy atom. The largest absolute Gasteiger partial charge is 0.363 e. The van der Waals surface area contributed by atoms with Gasteiger partial charge in [0.15, 0.2) is 5.82 Å². The number of hydrogen-bond acceptors (Lipinski definition) is 5. The summed E-state index contributed by atoms with van der Waals surface area (Å²) in [5.41, 5.74) is 1.63. The van der Waals surface area contributed by atoms with Crippen LogP contribution < -0.4 is 10.6 Å². The fourth-order valence-electron chi connectivity index (χ4n) is 1.47. The van der Waals surface area contributed by atoms with E-state index in [2.05, 4.69) is 25.7 Å². The summed E-state index contributed by atoms with van der Waals surface area (Å²) in [7, 11) is 1.80. The Hall–Kier alpha value is -1.96.